The molecule has 0 amide bonds. The van der Waals surface area contributed by atoms with E-state index in [1.807, 2.05) is 60.7 Å². The van der Waals surface area contributed by atoms with Crippen molar-refractivity contribution in [1.29, 1.82) is 0 Å². The van der Waals surface area contributed by atoms with Crippen molar-refractivity contribution in [2.45, 2.75) is 23.3 Å². The summed E-state index contributed by atoms with van der Waals surface area (Å²) in [4.78, 5) is 24.5. The molecule has 0 aliphatic carbocycles. The number of carbonyl (C=O) groups excluding carboxylic acids is 2. The molecule has 0 bridgehead atoms. The molecule has 0 N–H and O–H groups in total. The molecule has 0 unspecified atom stereocenters. The monoisotopic (exact) mass is 758 g/mol. The van der Waals surface area contributed by atoms with Crippen LogP contribution in [0.15, 0.2) is 150 Å². The number of carbonyl (C=O) groups is 2. The zero-order valence-electron chi connectivity index (χ0n) is 30.4. The van der Waals surface area contributed by atoms with Crippen LogP contribution in [0.2, 0.25) is 0 Å². The molecule has 6 rings (SSSR count). The van der Waals surface area contributed by atoms with E-state index in [0.29, 0.717) is 31.3 Å². The smallest absolute Gasteiger partial charge is 0.330 e. The van der Waals surface area contributed by atoms with E-state index >= 15 is 0 Å². The van der Waals surface area contributed by atoms with Crippen molar-refractivity contribution in [1.82, 2.24) is 0 Å². The molecular weight excluding hydrogens is 721 g/mol. The van der Waals surface area contributed by atoms with Gasteiger partial charge in [0.05, 0.1) is 0 Å². The minimum atomic E-state index is -0.403. The van der Waals surface area contributed by atoms with Gasteiger partial charge in [0.25, 0.3) is 0 Å². The minimum Gasteiger partial charge on any atom is -0.489 e. The number of rotatable bonds is 13. The van der Waals surface area contributed by atoms with Crippen LogP contribution in [0.4, 0.5) is 0 Å². The highest BCUT2D eigenvalue weighted by Crippen LogP contribution is 2.29. The molecule has 0 aromatic heterocycles. The van der Waals surface area contributed by atoms with Gasteiger partial charge in [-0.15, -0.1) is 23.5 Å². The summed E-state index contributed by atoms with van der Waals surface area (Å²) in [5.74, 6) is 14.5. The molecule has 0 aliphatic rings. The van der Waals surface area contributed by atoms with Gasteiger partial charge in [-0.3, -0.25) is 0 Å². The fraction of sp³-hybridized carbons (Fsp3) is 0.125. The fourth-order valence-corrected chi connectivity index (χ4v) is 7.06. The maximum atomic E-state index is 11.2. The second kappa shape index (κ2) is 19.3. The van der Waals surface area contributed by atoms with Gasteiger partial charge in [0.2, 0.25) is 0 Å². The summed E-state index contributed by atoms with van der Waals surface area (Å²) in [5.41, 5.74) is 5.95. The third kappa shape index (κ3) is 11.2. The third-order valence-electron chi connectivity index (χ3n) is 8.48. The molecule has 6 aromatic rings. The Kier molecular flexibility index (Phi) is 13.5. The number of benzene rings is 6. The van der Waals surface area contributed by atoms with Crippen LogP contribution < -0.4 is 4.74 Å². The maximum absolute atomic E-state index is 11.2. The highest BCUT2D eigenvalue weighted by molar-refractivity contribution is 7.99. The van der Waals surface area contributed by atoms with Gasteiger partial charge in [-0.05, 0) is 125 Å². The highest BCUT2D eigenvalue weighted by Gasteiger charge is 2.07. The van der Waals surface area contributed by atoms with Crippen LogP contribution in [0, 0.1) is 30.6 Å². The van der Waals surface area contributed by atoms with E-state index in [1.165, 1.54) is 12.2 Å². The molecule has 5 nitrogen and oxygen atoms in total. The Morgan fingerprint density at radius 1 is 0.582 bits per heavy atom. The Hall–Kier alpha value is -6.12. The predicted molar refractivity (Wildman–Crippen MR) is 226 cm³/mol. The lowest BCUT2D eigenvalue weighted by molar-refractivity contribution is -0.138. The van der Waals surface area contributed by atoms with Gasteiger partial charge in [0.1, 0.15) is 25.6 Å². The lowest BCUT2D eigenvalue weighted by Gasteiger charge is -2.12. The van der Waals surface area contributed by atoms with Crippen LogP contribution in [0.3, 0.4) is 0 Å². The summed E-state index contributed by atoms with van der Waals surface area (Å²) in [6, 6.07) is 39.2. The standard InChI is InChI=1S/C48H38O5S2/c1-4-47(49)51-26-28-54-43-20-12-35(13-21-43)6-8-37-10-17-41-32-39(11-18-40(41)30-37)33-53-46-25-19-42-31-38(16-24-45(42)34(46)3)9-7-36-14-22-44(23-15-36)55-29-27-52-48(50)5-2/h4-5,10-25,30-32H,1-2,26-29,33H2,3H3. The van der Waals surface area contributed by atoms with E-state index in [1.54, 1.807) is 23.5 Å². The summed E-state index contributed by atoms with van der Waals surface area (Å²) in [5, 5.41) is 4.50. The van der Waals surface area contributed by atoms with Crippen LogP contribution in [0.1, 0.15) is 33.4 Å². The van der Waals surface area contributed by atoms with Crippen LogP contribution in [-0.2, 0) is 25.7 Å². The molecule has 0 heterocycles. The normalized spacial score (nSPS) is 10.4. The van der Waals surface area contributed by atoms with Gasteiger partial charge in [0.15, 0.2) is 0 Å². The van der Waals surface area contributed by atoms with Crippen molar-refractivity contribution in [3.05, 3.63) is 174 Å². The average Bonchev–Trinajstić information content (AvgIpc) is 3.22. The second-order valence-electron chi connectivity index (χ2n) is 12.3. The Balaban J connectivity index is 1.02. The van der Waals surface area contributed by atoms with Crippen molar-refractivity contribution < 1.29 is 23.8 Å². The van der Waals surface area contributed by atoms with Gasteiger partial charge in [-0.1, -0.05) is 67.2 Å². The Labute approximate surface area is 330 Å². The highest BCUT2D eigenvalue weighted by atomic mass is 32.2. The molecule has 0 saturated heterocycles. The van der Waals surface area contributed by atoms with E-state index < -0.39 is 11.9 Å². The number of aryl methyl sites for hydroxylation is 1. The predicted octanol–water partition coefficient (Wildman–Crippen LogP) is 10.3. The first-order chi connectivity index (χ1) is 26.9. The van der Waals surface area contributed by atoms with Crippen molar-refractivity contribution in [3.63, 3.8) is 0 Å². The zero-order chi connectivity index (χ0) is 38.4. The molecule has 55 heavy (non-hydrogen) atoms. The number of ether oxygens (including phenoxy) is 3. The summed E-state index contributed by atoms with van der Waals surface area (Å²) in [6.45, 7) is 10.0. The molecule has 0 fully saturated rings. The Bertz CT molecular complexity index is 2480. The fourth-order valence-electron chi connectivity index (χ4n) is 5.60. The first-order valence-electron chi connectivity index (χ1n) is 17.6. The van der Waals surface area contributed by atoms with E-state index in [9.17, 15) is 9.59 Å². The molecule has 0 saturated carbocycles. The summed E-state index contributed by atoms with van der Waals surface area (Å²) >= 11 is 3.25. The maximum Gasteiger partial charge on any atom is 0.330 e. The van der Waals surface area contributed by atoms with Crippen molar-refractivity contribution in [2.24, 2.45) is 0 Å². The Morgan fingerprint density at radius 3 is 1.64 bits per heavy atom. The molecule has 0 aliphatic heterocycles. The van der Waals surface area contributed by atoms with Gasteiger partial charge in [0, 0.05) is 55.7 Å². The van der Waals surface area contributed by atoms with Crippen LogP contribution in [0.5, 0.6) is 5.75 Å². The molecule has 7 heteroatoms. The van der Waals surface area contributed by atoms with E-state index in [4.69, 9.17) is 14.2 Å². The lowest BCUT2D eigenvalue weighted by Crippen LogP contribution is -2.03. The summed E-state index contributed by atoms with van der Waals surface area (Å²) in [7, 11) is 0. The summed E-state index contributed by atoms with van der Waals surface area (Å²) in [6.07, 6.45) is 2.34. The molecule has 6 aromatic carbocycles. The number of fused-ring (bicyclic) bond motifs is 2. The number of thioether (sulfide) groups is 2. The second-order valence-corrected chi connectivity index (χ2v) is 14.6. The third-order valence-corrected chi connectivity index (χ3v) is 10.4. The van der Waals surface area contributed by atoms with Crippen LogP contribution in [0.25, 0.3) is 21.5 Å². The van der Waals surface area contributed by atoms with Gasteiger partial charge in [-0.2, -0.15) is 0 Å². The van der Waals surface area contributed by atoms with Gasteiger partial charge in [-0.25, -0.2) is 9.59 Å². The molecule has 0 spiro atoms. The molecule has 0 radical (unpaired) electrons. The lowest BCUT2D eigenvalue weighted by atomic mass is 10.0. The molecule has 272 valence electrons. The van der Waals surface area contributed by atoms with E-state index in [-0.39, 0.29) is 0 Å². The first-order valence-corrected chi connectivity index (χ1v) is 19.6. The van der Waals surface area contributed by atoms with Gasteiger partial charge < -0.3 is 14.2 Å². The first kappa shape index (κ1) is 38.6. The Morgan fingerprint density at radius 2 is 1.05 bits per heavy atom. The number of hydrogen-bond acceptors (Lipinski definition) is 7. The molecular formula is C48H38O5S2. The molecule has 0 atom stereocenters. The van der Waals surface area contributed by atoms with Crippen molar-refractivity contribution >= 4 is 57.0 Å². The van der Waals surface area contributed by atoms with Gasteiger partial charge >= 0.3 is 11.9 Å². The zero-order valence-corrected chi connectivity index (χ0v) is 32.1. The van der Waals surface area contributed by atoms with E-state index in [2.05, 4.69) is 98.4 Å². The van der Waals surface area contributed by atoms with Crippen LogP contribution in [-0.4, -0.2) is 36.7 Å². The quantitative estimate of drug-likeness (QED) is 0.0382. The number of esters is 2. The SMILES string of the molecule is C=CC(=O)OCCSc1ccc(C#Cc2ccc3cc(COc4ccc5cc(C#Cc6ccc(SCCOC(=O)C=C)cc6)ccc5c4C)ccc3c2)cc1. The minimum absolute atomic E-state index is 0.344. The summed E-state index contributed by atoms with van der Waals surface area (Å²) < 4.78 is 16.4. The average molecular weight is 759 g/mol. The van der Waals surface area contributed by atoms with E-state index in [0.717, 1.165) is 70.5 Å². The topological polar surface area (TPSA) is 61.8 Å². The number of hydrogen-bond donors (Lipinski definition) is 0. The van der Waals surface area contributed by atoms with Crippen molar-refractivity contribution in [2.75, 3.05) is 24.7 Å². The van der Waals surface area contributed by atoms with Crippen molar-refractivity contribution in [3.8, 4) is 29.4 Å². The van der Waals surface area contributed by atoms with Crippen LogP contribution >= 0.6 is 23.5 Å². The largest absolute Gasteiger partial charge is 0.489 e.